The number of nitrogens with zero attached hydrogens (tertiary/aromatic N) is 1. The van der Waals surface area contributed by atoms with Gasteiger partial charge >= 0.3 is 0 Å². The molecular weight excluding hydrogens is 288 g/mol. The number of nitriles is 1. The van der Waals surface area contributed by atoms with Crippen LogP contribution in [0, 0.1) is 11.3 Å². The van der Waals surface area contributed by atoms with Crippen molar-refractivity contribution < 1.29 is 13.2 Å². The fraction of sp³-hybridized carbons (Fsp3) is 0.417. The second-order valence-corrected chi connectivity index (χ2v) is 6.63. The third-order valence-electron chi connectivity index (χ3n) is 2.95. The van der Waals surface area contributed by atoms with E-state index in [2.05, 4.69) is 4.72 Å². The summed E-state index contributed by atoms with van der Waals surface area (Å²) in [6.45, 7) is 0.884. The first kappa shape index (κ1) is 14.1. The van der Waals surface area contributed by atoms with Gasteiger partial charge in [-0.05, 0) is 31.0 Å². The summed E-state index contributed by atoms with van der Waals surface area (Å²) in [5.41, 5.74) is 0.598. The van der Waals surface area contributed by atoms with E-state index < -0.39 is 15.3 Å². The predicted molar refractivity (Wildman–Crippen MR) is 72.6 cm³/mol. The molecule has 1 heterocycles. The van der Waals surface area contributed by atoms with Crippen LogP contribution in [0.3, 0.4) is 0 Å². The Balaban J connectivity index is 2.22. The fourth-order valence-electron chi connectivity index (χ4n) is 1.90. The summed E-state index contributed by atoms with van der Waals surface area (Å²) in [5, 5.41) is 8.60. The maximum absolute atomic E-state index is 12.2. The molecule has 1 N–H and O–H groups in total. The summed E-state index contributed by atoms with van der Waals surface area (Å²) in [7, 11) is -3.51. The van der Waals surface area contributed by atoms with Crippen molar-refractivity contribution in [3.8, 4) is 6.07 Å². The molecule has 1 aliphatic heterocycles. The van der Waals surface area contributed by atoms with E-state index in [1.807, 2.05) is 6.07 Å². The lowest BCUT2D eigenvalue weighted by Gasteiger charge is -2.23. The molecule has 0 aromatic heterocycles. The van der Waals surface area contributed by atoms with Crippen molar-refractivity contribution in [1.29, 1.82) is 5.26 Å². The van der Waals surface area contributed by atoms with Gasteiger partial charge in [0.2, 0.25) is 10.0 Å². The molecule has 2 rings (SSSR count). The van der Waals surface area contributed by atoms with Crippen LogP contribution in [0.4, 0.5) is 5.69 Å². The average molecular weight is 301 g/mol. The Labute approximate surface area is 117 Å². The van der Waals surface area contributed by atoms with Crippen molar-refractivity contribution in [3.63, 3.8) is 0 Å². The van der Waals surface area contributed by atoms with Crippen molar-refractivity contribution in [1.82, 2.24) is 0 Å². The van der Waals surface area contributed by atoms with Crippen LogP contribution in [0.1, 0.15) is 18.4 Å². The Morgan fingerprint density at radius 1 is 1.37 bits per heavy atom. The van der Waals surface area contributed by atoms with E-state index >= 15 is 0 Å². The van der Waals surface area contributed by atoms with E-state index in [1.165, 1.54) is 18.2 Å². The lowest BCUT2D eigenvalue weighted by molar-refractivity contribution is 0.0984. The van der Waals surface area contributed by atoms with Crippen molar-refractivity contribution in [2.45, 2.75) is 18.1 Å². The molecule has 0 atom stereocenters. The molecule has 1 aromatic rings. The number of nitrogens with one attached hydrogen (secondary N) is 1. The smallest absolute Gasteiger partial charge is 0.235 e. The Hall–Kier alpha value is -1.29. The van der Waals surface area contributed by atoms with Crippen molar-refractivity contribution >= 4 is 27.3 Å². The molecule has 0 unspecified atom stereocenters. The van der Waals surface area contributed by atoms with E-state index in [-0.39, 0.29) is 10.7 Å². The fourth-order valence-corrected chi connectivity index (χ4v) is 3.57. The summed E-state index contributed by atoms with van der Waals surface area (Å²) >= 11 is 5.94. The van der Waals surface area contributed by atoms with Crippen molar-refractivity contribution in [3.05, 3.63) is 28.8 Å². The molecule has 1 saturated heterocycles. The van der Waals surface area contributed by atoms with Crippen molar-refractivity contribution in [2.24, 2.45) is 0 Å². The first-order chi connectivity index (χ1) is 9.03. The maximum Gasteiger partial charge on any atom is 0.235 e. The Morgan fingerprint density at radius 2 is 2.05 bits per heavy atom. The van der Waals surface area contributed by atoms with Crippen LogP contribution in [0.2, 0.25) is 5.02 Å². The van der Waals surface area contributed by atoms with Crippen LogP contribution < -0.4 is 4.72 Å². The highest BCUT2D eigenvalue weighted by Gasteiger charge is 2.28. The SMILES string of the molecule is N#Cc1ccc(Cl)c(NS(=O)(=O)C2CCOCC2)c1. The summed E-state index contributed by atoms with van der Waals surface area (Å²) in [6, 6.07) is 6.41. The number of rotatable bonds is 3. The maximum atomic E-state index is 12.2. The Bertz CT molecular complexity index is 604. The van der Waals surface area contributed by atoms with Gasteiger partial charge in [0, 0.05) is 13.2 Å². The van der Waals surface area contributed by atoms with E-state index in [1.54, 1.807) is 0 Å². The number of halogens is 1. The van der Waals surface area contributed by atoms with Gasteiger partial charge in [-0.3, -0.25) is 4.72 Å². The Morgan fingerprint density at radius 3 is 2.68 bits per heavy atom. The standard InChI is InChI=1S/C12H13ClN2O3S/c13-11-2-1-9(8-14)7-12(11)15-19(16,17)10-3-5-18-6-4-10/h1-2,7,10,15H,3-6H2. The number of anilines is 1. The first-order valence-electron chi connectivity index (χ1n) is 5.82. The minimum absolute atomic E-state index is 0.243. The van der Waals surface area contributed by atoms with Crippen LogP contribution in [-0.2, 0) is 14.8 Å². The number of hydrogen-bond donors (Lipinski definition) is 1. The predicted octanol–water partition coefficient (Wildman–Crippen LogP) is 2.13. The van der Waals surface area contributed by atoms with Gasteiger partial charge in [-0.15, -0.1) is 0 Å². The molecule has 0 saturated carbocycles. The zero-order chi connectivity index (χ0) is 13.9. The summed E-state index contributed by atoms with van der Waals surface area (Å²) in [4.78, 5) is 0. The molecule has 5 nitrogen and oxygen atoms in total. The molecule has 0 amide bonds. The number of ether oxygens (including phenoxy) is 1. The highest BCUT2D eigenvalue weighted by Crippen LogP contribution is 2.26. The van der Waals surface area contributed by atoms with Crippen LogP contribution >= 0.6 is 11.6 Å². The molecular formula is C12H13ClN2O3S. The molecule has 1 aliphatic rings. The molecule has 102 valence electrons. The van der Waals surface area contributed by atoms with Gasteiger partial charge in [-0.2, -0.15) is 5.26 Å². The quantitative estimate of drug-likeness (QED) is 0.927. The van der Waals surface area contributed by atoms with Crippen LogP contribution in [-0.4, -0.2) is 26.9 Å². The summed E-state index contributed by atoms with van der Waals surface area (Å²) < 4.78 is 32.0. The van der Waals surface area contributed by atoms with Gasteiger partial charge in [0.1, 0.15) is 0 Å². The largest absolute Gasteiger partial charge is 0.381 e. The summed E-state index contributed by atoms with van der Waals surface area (Å²) in [6.07, 6.45) is 0.926. The highest BCUT2D eigenvalue weighted by molar-refractivity contribution is 7.93. The molecule has 19 heavy (non-hydrogen) atoms. The van der Waals surface area contributed by atoms with E-state index in [0.29, 0.717) is 31.6 Å². The molecule has 7 heteroatoms. The van der Waals surface area contributed by atoms with Gasteiger partial charge < -0.3 is 4.74 Å². The van der Waals surface area contributed by atoms with E-state index in [9.17, 15) is 8.42 Å². The monoisotopic (exact) mass is 300 g/mol. The van der Waals surface area contributed by atoms with Crippen LogP contribution in [0.15, 0.2) is 18.2 Å². The minimum Gasteiger partial charge on any atom is -0.381 e. The molecule has 0 spiro atoms. The van der Waals surface area contributed by atoms with E-state index in [4.69, 9.17) is 21.6 Å². The van der Waals surface area contributed by atoms with Crippen LogP contribution in [0.5, 0.6) is 0 Å². The topological polar surface area (TPSA) is 79.2 Å². The van der Waals surface area contributed by atoms with Crippen molar-refractivity contribution in [2.75, 3.05) is 17.9 Å². The molecule has 1 fully saturated rings. The zero-order valence-electron chi connectivity index (χ0n) is 10.1. The molecule has 1 aromatic carbocycles. The molecule has 0 radical (unpaired) electrons. The Kier molecular flexibility index (Phi) is 4.30. The average Bonchev–Trinajstić information content (AvgIpc) is 2.42. The normalized spacial score (nSPS) is 16.8. The van der Waals surface area contributed by atoms with E-state index in [0.717, 1.165) is 0 Å². The minimum atomic E-state index is -3.51. The van der Waals surface area contributed by atoms with Gasteiger partial charge in [0.15, 0.2) is 0 Å². The molecule has 0 bridgehead atoms. The molecule has 0 aliphatic carbocycles. The zero-order valence-corrected chi connectivity index (χ0v) is 11.7. The lowest BCUT2D eigenvalue weighted by Crippen LogP contribution is -2.33. The number of sulfonamides is 1. The third kappa shape index (κ3) is 3.38. The van der Waals surface area contributed by atoms with Crippen LogP contribution in [0.25, 0.3) is 0 Å². The first-order valence-corrected chi connectivity index (χ1v) is 7.74. The second kappa shape index (κ2) is 5.78. The third-order valence-corrected chi connectivity index (χ3v) is 5.14. The second-order valence-electron chi connectivity index (χ2n) is 4.27. The number of hydrogen-bond acceptors (Lipinski definition) is 4. The van der Waals surface area contributed by atoms with Gasteiger partial charge in [0.05, 0.1) is 27.6 Å². The number of benzene rings is 1. The highest BCUT2D eigenvalue weighted by atomic mass is 35.5. The van der Waals surface area contributed by atoms with Gasteiger partial charge in [0.25, 0.3) is 0 Å². The summed E-state index contributed by atoms with van der Waals surface area (Å²) in [5.74, 6) is 0. The van der Waals surface area contributed by atoms with Gasteiger partial charge in [-0.25, -0.2) is 8.42 Å². The van der Waals surface area contributed by atoms with Gasteiger partial charge in [-0.1, -0.05) is 11.6 Å². The lowest BCUT2D eigenvalue weighted by atomic mass is 10.2.